The molecule has 3 rings (SSSR count). The van der Waals surface area contributed by atoms with Crippen LogP contribution in [0.1, 0.15) is 12.5 Å². The third kappa shape index (κ3) is 3.96. The Kier molecular flexibility index (Phi) is 4.90. The molecule has 1 aliphatic rings. The number of halogens is 1. The molecule has 0 radical (unpaired) electrons. The second-order valence-electron chi connectivity index (χ2n) is 5.97. The molecule has 5 heteroatoms. The van der Waals surface area contributed by atoms with E-state index in [0.717, 1.165) is 38.5 Å². The Morgan fingerprint density at radius 2 is 1.95 bits per heavy atom. The topological polar surface area (TPSA) is 32.3 Å². The zero-order valence-electron chi connectivity index (χ0n) is 12.8. The highest BCUT2D eigenvalue weighted by molar-refractivity contribution is 6.29. The van der Waals surface area contributed by atoms with Gasteiger partial charge in [0.25, 0.3) is 0 Å². The lowest BCUT2D eigenvalue weighted by atomic mass is 10.1. The molecule has 22 heavy (non-hydrogen) atoms. The van der Waals surface area contributed by atoms with E-state index in [1.807, 2.05) is 6.07 Å². The monoisotopic (exact) mass is 316 g/mol. The maximum absolute atomic E-state index is 5.99. The minimum atomic E-state index is 0.503. The van der Waals surface area contributed by atoms with Crippen molar-refractivity contribution in [3.63, 3.8) is 0 Å². The van der Waals surface area contributed by atoms with Crippen LogP contribution in [-0.2, 0) is 6.54 Å². The van der Waals surface area contributed by atoms with E-state index in [4.69, 9.17) is 11.6 Å². The normalized spacial score (nSPS) is 19.9. The van der Waals surface area contributed by atoms with Crippen LogP contribution in [0.25, 0.3) is 0 Å². The molecule has 116 valence electrons. The van der Waals surface area contributed by atoms with E-state index in [1.165, 1.54) is 11.9 Å². The molecule has 1 atom stereocenters. The number of nitrogens with zero attached hydrogens (tertiary/aromatic N) is 4. The van der Waals surface area contributed by atoms with Gasteiger partial charge in [0.15, 0.2) is 0 Å². The largest absolute Gasteiger partial charge is 0.355 e. The van der Waals surface area contributed by atoms with E-state index < -0.39 is 0 Å². The fourth-order valence-corrected chi connectivity index (χ4v) is 3.15. The molecule has 1 aromatic heterocycles. The van der Waals surface area contributed by atoms with Gasteiger partial charge in [-0.2, -0.15) is 0 Å². The van der Waals surface area contributed by atoms with E-state index in [0.29, 0.717) is 11.1 Å². The first-order chi connectivity index (χ1) is 10.7. The van der Waals surface area contributed by atoms with Crippen molar-refractivity contribution in [1.29, 1.82) is 0 Å². The summed E-state index contributed by atoms with van der Waals surface area (Å²) in [6, 6.07) is 12.5. The second-order valence-corrected chi connectivity index (χ2v) is 6.36. The van der Waals surface area contributed by atoms with Crippen molar-refractivity contribution in [3.8, 4) is 0 Å². The Morgan fingerprint density at radius 1 is 1.14 bits per heavy atom. The van der Waals surface area contributed by atoms with Gasteiger partial charge in [0.2, 0.25) is 0 Å². The third-order valence-electron chi connectivity index (χ3n) is 3.98. The van der Waals surface area contributed by atoms with Crippen LogP contribution in [0.4, 0.5) is 5.82 Å². The van der Waals surface area contributed by atoms with Crippen LogP contribution in [0.5, 0.6) is 0 Å². The Morgan fingerprint density at radius 3 is 2.73 bits per heavy atom. The molecule has 0 bridgehead atoms. The molecule has 1 aliphatic heterocycles. The molecule has 4 nitrogen and oxygen atoms in total. The molecule has 0 aliphatic carbocycles. The van der Waals surface area contributed by atoms with Crippen molar-refractivity contribution in [2.24, 2.45) is 5.92 Å². The zero-order valence-corrected chi connectivity index (χ0v) is 13.6. The molecule has 0 amide bonds. The Labute approximate surface area is 136 Å². The first-order valence-electron chi connectivity index (χ1n) is 7.69. The summed E-state index contributed by atoms with van der Waals surface area (Å²) in [6.45, 7) is 7.39. The number of anilines is 1. The van der Waals surface area contributed by atoms with Crippen molar-refractivity contribution in [2.45, 2.75) is 13.5 Å². The smallest absolute Gasteiger partial charge is 0.134 e. The van der Waals surface area contributed by atoms with Gasteiger partial charge in [0, 0.05) is 38.8 Å². The van der Waals surface area contributed by atoms with E-state index in [2.05, 4.69) is 57.0 Å². The predicted molar refractivity (Wildman–Crippen MR) is 90.1 cm³/mol. The summed E-state index contributed by atoms with van der Waals surface area (Å²) in [5, 5.41) is 0.503. The number of benzene rings is 1. The maximum Gasteiger partial charge on any atom is 0.134 e. The minimum absolute atomic E-state index is 0.503. The van der Waals surface area contributed by atoms with Crippen molar-refractivity contribution in [2.75, 3.05) is 31.1 Å². The van der Waals surface area contributed by atoms with Crippen molar-refractivity contribution in [3.05, 3.63) is 53.4 Å². The van der Waals surface area contributed by atoms with E-state index in [1.54, 1.807) is 0 Å². The Hall–Kier alpha value is -1.65. The lowest BCUT2D eigenvalue weighted by Crippen LogP contribution is -2.31. The molecule has 2 heterocycles. The number of rotatable bonds is 3. The predicted octanol–water partition coefficient (Wildman–Crippen LogP) is 3.09. The average Bonchev–Trinajstić information content (AvgIpc) is 2.70. The molecule has 2 aromatic rings. The average molecular weight is 317 g/mol. The fourth-order valence-electron chi connectivity index (χ4n) is 3.01. The highest BCUT2D eigenvalue weighted by Crippen LogP contribution is 2.19. The van der Waals surface area contributed by atoms with Crippen LogP contribution >= 0.6 is 11.6 Å². The van der Waals surface area contributed by atoms with Gasteiger partial charge >= 0.3 is 0 Å². The molecule has 1 fully saturated rings. The summed E-state index contributed by atoms with van der Waals surface area (Å²) < 4.78 is 0. The number of hydrogen-bond donors (Lipinski definition) is 0. The van der Waals surface area contributed by atoms with Crippen LogP contribution < -0.4 is 4.90 Å². The first-order valence-corrected chi connectivity index (χ1v) is 8.07. The SMILES string of the molecule is CC1CN(Cc2ccccc2)CCN(c2cc(Cl)ncn2)C1. The second kappa shape index (κ2) is 7.07. The van der Waals surface area contributed by atoms with Crippen LogP contribution in [0.15, 0.2) is 42.7 Å². The standard InChI is InChI=1S/C17H21ClN4/c1-14-10-21(12-15-5-3-2-4-6-15)7-8-22(11-14)17-9-16(18)19-13-20-17/h2-6,9,13-14H,7-8,10-12H2,1H3. The van der Waals surface area contributed by atoms with E-state index in [-0.39, 0.29) is 0 Å². The summed E-state index contributed by atoms with van der Waals surface area (Å²) in [6.07, 6.45) is 1.54. The van der Waals surface area contributed by atoms with Gasteiger partial charge in [-0.3, -0.25) is 4.90 Å². The van der Waals surface area contributed by atoms with Crippen LogP contribution in [0.3, 0.4) is 0 Å². The molecule has 0 saturated carbocycles. The van der Waals surface area contributed by atoms with Crippen LogP contribution in [0, 0.1) is 5.92 Å². The summed E-state index contributed by atoms with van der Waals surface area (Å²) in [5.74, 6) is 1.51. The van der Waals surface area contributed by atoms with Gasteiger partial charge in [-0.05, 0) is 11.5 Å². The van der Waals surface area contributed by atoms with Gasteiger partial charge in [-0.15, -0.1) is 0 Å². The third-order valence-corrected chi connectivity index (χ3v) is 4.19. The van der Waals surface area contributed by atoms with E-state index in [9.17, 15) is 0 Å². The van der Waals surface area contributed by atoms with Crippen LogP contribution in [0.2, 0.25) is 5.15 Å². The fraction of sp³-hybridized carbons (Fsp3) is 0.412. The van der Waals surface area contributed by atoms with Gasteiger partial charge in [0.1, 0.15) is 17.3 Å². The lowest BCUT2D eigenvalue weighted by Gasteiger charge is -2.23. The molecule has 1 unspecified atom stereocenters. The molecular weight excluding hydrogens is 296 g/mol. The molecule has 0 spiro atoms. The molecule has 1 aromatic carbocycles. The zero-order chi connectivity index (χ0) is 15.4. The molecule has 1 saturated heterocycles. The van der Waals surface area contributed by atoms with Gasteiger partial charge in [0.05, 0.1) is 0 Å². The first kappa shape index (κ1) is 15.3. The summed E-state index contributed by atoms with van der Waals surface area (Å²) >= 11 is 5.99. The van der Waals surface area contributed by atoms with Crippen molar-refractivity contribution >= 4 is 17.4 Å². The lowest BCUT2D eigenvalue weighted by molar-refractivity contribution is 0.257. The highest BCUT2D eigenvalue weighted by atomic mass is 35.5. The number of aromatic nitrogens is 2. The van der Waals surface area contributed by atoms with E-state index >= 15 is 0 Å². The Bertz CT molecular complexity index is 605. The summed E-state index contributed by atoms with van der Waals surface area (Å²) in [4.78, 5) is 13.2. The van der Waals surface area contributed by atoms with Crippen molar-refractivity contribution < 1.29 is 0 Å². The maximum atomic E-state index is 5.99. The Balaban J connectivity index is 1.67. The summed E-state index contributed by atoms with van der Waals surface area (Å²) in [7, 11) is 0. The number of hydrogen-bond acceptors (Lipinski definition) is 4. The molecular formula is C17H21ClN4. The van der Waals surface area contributed by atoms with Crippen LogP contribution in [-0.4, -0.2) is 41.0 Å². The van der Waals surface area contributed by atoms with Gasteiger partial charge < -0.3 is 4.90 Å². The minimum Gasteiger partial charge on any atom is -0.355 e. The van der Waals surface area contributed by atoms with Gasteiger partial charge in [-0.1, -0.05) is 48.9 Å². The molecule has 0 N–H and O–H groups in total. The highest BCUT2D eigenvalue weighted by Gasteiger charge is 2.21. The van der Waals surface area contributed by atoms with Gasteiger partial charge in [-0.25, -0.2) is 9.97 Å². The van der Waals surface area contributed by atoms with Crippen molar-refractivity contribution in [1.82, 2.24) is 14.9 Å². The quantitative estimate of drug-likeness (QED) is 0.815. The summed E-state index contributed by atoms with van der Waals surface area (Å²) in [5.41, 5.74) is 1.37.